The van der Waals surface area contributed by atoms with Crippen molar-refractivity contribution >= 4 is 5.91 Å². The van der Waals surface area contributed by atoms with Gasteiger partial charge in [0.25, 0.3) is 5.91 Å². The highest BCUT2D eigenvalue weighted by Crippen LogP contribution is 2.28. The lowest BCUT2D eigenvalue weighted by Gasteiger charge is -2.32. The molecule has 0 aliphatic carbocycles. The van der Waals surface area contributed by atoms with Crippen molar-refractivity contribution in [1.29, 1.82) is 0 Å². The van der Waals surface area contributed by atoms with Crippen molar-refractivity contribution in [2.45, 2.75) is 25.3 Å². The molecule has 1 aromatic carbocycles. The van der Waals surface area contributed by atoms with Gasteiger partial charge in [0, 0.05) is 31.7 Å². The van der Waals surface area contributed by atoms with E-state index < -0.39 is 0 Å². The van der Waals surface area contributed by atoms with E-state index in [1.165, 1.54) is 11.1 Å². The van der Waals surface area contributed by atoms with Crippen LogP contribution in [-0.2, 0) is 6.54 Å². The average Bonchev–Trinajstić information content (AvgIpc) is 3.17. The van der Waals surface area contributed by atoms with Crippen molar-refractivity contribution in [3.05, 3.63) is 83.9 Å². The smallest absolute Gasteiger partial charge is 0.257 e. The summed E-state index contributed by atoms with van der Waals surface area (Å²) < 4.78 is 1.83. The fourth-order valence-corrected chi connectivity index (χ4v) is 3.57. The number of rotatable bonds is 4. The molecular formula is C21H22N4O. The normalized spacial score (nSPS) is 15.2. The van der Waals surface area contributed by atoms with E-state index in [0.717, 1.165) is 25.9 Å². The number of aromatic nitrogens is 3. The summed E-state index contributed by atoms with van der Waals surface area (Å²) >= 11 is 0. The molecule has 0 N–H and O–H groups in total. The Morgan fingerprint density at radius 3 is 2.50 bits per heavy atom. The summed E-state index contributed by atoms with van der Waals surface area (Å²) in [5, 5.41) is 4.35. The van der Waals surface area contributed by atoms with E-state index in [1.807, 2.05) is 46.4 Å². The number of carbonyl (C=O) groups excluding carboxylic acids is 1. The van der Waals surface area contributed by atoms with E-state index in [2.05, 4.69) is 34.3 Å². The number of hydrogen-bond acceptors (Lipinski definition) is 3. The largest absolute Gasteiger partial charge is 0.339 e. The van der Waals surface area contributed by atoms with Crippen LogP contribution >= 0.6 is 0 Å². The topological polar surface area (TPSA) is 51.0 Å². The second kappa shape index (κ2) is 7.52. The number of nitrogens with zero attached hydrogens (tertiary/aromatic N) is 4. The molecule has 1 amide bonds. The maximum atomic E-state index is 12.8. The number of benzene rings is 1. The van der Waals surface area contributed by atoms with Gasteiger partial charge in [-0.25, -0.2) is 0 Å². The van der Waals surface area contributed by atoms with Crippen LogP contribution in [0.5, 0.6) is 0 Å². The molecule has 1 aliphatic rings. The SMILES string of the molecule is O=C(c1cnn(Cc2ccccc2)c1)N1CCC(c2ccncc2)CC1. The predicted octanol–water partition coefficient (Wildman–Crippen LogP) is 3.35. The molecule has 5 nitrogen and oxygen atoms in total. The molecule has 4 rings (SSSR count). The zero-order chi connectivity index (χ0) is 17.8. The minimum absolute atomic E-state index is 0.0810. The molecule has 1 fully saturated rings. The number of carbonyl (C=O) groups is 1. The highest BCUT2D eigenvalue weighted by Gasteiger charge is 2.25. The fourth-order valence-electron chi connectivity index (χ4n) is 3.57. The van der Waals surface area contributed by atoms with E-state index in [1.54, 1.807) is 6.20 Å². The summed E-state index contributed by atoms with van der Waals surface area (Å²) in [4.78, 5) is 18.8. The molecule has 0 atom stereocenters. The highest BCUT2D eigenvalue weighted by molar-refractivity contribution is 5.93. The monoisotopic (exact) mass is 346 g/mol. The standard InChI is InChI=1S/C21H22N4O/c26-21(20-14-23-25(16-20)15-17-4-2-1-3-5-17)24-12-8-19(9-13-24)18-6-10-22-11-7-18/h1-7,10-11,14,16,19H,8-9,12-13,15H2. The molecular weight excluding hydrogens is 324 g/mol. The lowest BCUT2D eigenvalue weighted by molar-refractivity contribution is 0.0713. The molecule has 0 bridgehead atoms. The van der Waals surface area contributed by atoms with Gasteiger partial charge in [-0.3, -0.25) is 14.5 Å². The Morgan fingerprint density at radius 1 is 1.04 bits per heavy atom. The lowest BCUT2D eigenvalue weighted by Crippen LogP contribution is -2.37. The Bertz CT molecular complexity index is 852. The van der Waals surface area contributed by atoms with Gasteiger partial charge in [-0.2, -0.15) is 5.10 Å². The molecule has 0 radical (unpaired) electrons. The number of hydrogen-bond donors (Lipinski definition) is 0. The minimum Gasteiger partial charge on any atom is -0.339 e. The maximum Gasteiger partial charge on any atom is 0.257 e. The molecule has 132 valence electrons. The van der Waals surface area contributed by atoms with E-state index in [4.69, 9.17) is 0 Å². The van der Waals surface area contributed by atoms with E-state index in [-0.39, 0.29) is 5.91 Å². The van der Waals surface area contributed by atoms with E-state index >= 15 is 0 Å². The number of likely N-dealkylation sites (tertiary alicyclic amines) is 1. The quantitative estimate of drug-likeness (QED) is 0.728. The number of pyridine rings is 1. The van der Waals surface area contributed by atoms with Crippen LogP contribution in [0, 0.1) is 0 Å². The van der Waals surface area contributed by atoms with Crippen molar-refractivity contribution in [1.82, 2.24) is 19.7 Å². The zero-order valence-corrected chi connectivity index (χ0v) is 14.7. The van der Waals surface area contributed by atoms with Gasteiger partial charge in [0.2, 0.25) is 0 Å². The molecule has 0 unspecified atom stereocenters. The molecule has 2 aromatic heterocycles. The minimum atomic E-state index is 0.0810. The van der Waals surface area contributed by atoms with Gasteiger partial charge in [0.1, 0.15) is 0 Å². The summed E-state index contributed by atoms with van der Waals surface area (Å²) in [5.74, 6) is 0.598. The maximum absolute atomic E-state index is 12.8. The van der Waals surface area contributed by atoms with Gasteiger partial charge < -0.3 is 4.90 Å². The van der Waals surface area contributed by atoms with Crippen molar-refractivity contribution < 1.29 is 4.79 Å². The van der Waals surface area contributed by atoms with Crippen LogP contribution in [0.4, 0.5) is 0 Å². The Balaban J connectivity index is 1.37. The molecule has 3 heterocycles. The fraction of sp³-hybridized carbons (Fsp3) is 0.286. The first-order valence-electron chi connectivity index (χ1n) is 9.05. The third-order valence-electron chi connectivity index (χ3n) is 5.03. The van der Waals surface area contributed by atoms with E-state index in [9.17, 15) is 4.79 Å². The first-order chi connectivity index (χ1) is 12.8. The molecule has 3 aromatic rings. The molecule has 1 aliphatic heterocycles. The van der Waals surface area contributed by atoms with Crippen LogP contribution in [0.2, 0.25) is 0 Å². The summed E-state index contributed by atoms with van der Waals surface area (Å²) in [6.07, 6.45) is 9.20. The number of piperidine rings is 1. The van der Waals surface area contributed by atoms with Gasteiger partial charge in [0.15, 0.2) is 0 Å². The lowest BCUT2D eigenvalue weighted by atomic mass is 9.90. The average molecular weight is 346 g/mol. The second-order valence-electron chi connectivity index (χ2n) is 6.76. The third-order valence-corrected chi connectivity index (χ3v) is 5.03. The second-order valence-corrected chi connectivity index (χ2v) is 6.76. The van der Waals surface area contributed by atoms with Crippen LogP contribution < -0.4 is 0 Å². The Hall–Kier alpha value is -2.95. The molecule has 5 heteroatoms. The van der Waals surface area contributed by atoms with Crippen LogP contribution in [0.1, 0.15) is 40.2 Å². The summed E-state index contributed by atoms with van der Waals surface area (Å²) in [7, 11) is 0. The van der Waals surface area contributed by atoms with Crippen LogP contribution in [-0.4, -0.2) is 38.7 Å². The van der Waals surface area contributed by atoms with Crippen LogP contribution in [0.3, 0.4) is 0 Å². The van der Waals surface area contributed by atoms with Crippen molar-refractivity contribution in [2.75, 3.05) is 13.1 Å². The van der Waals surface area contributed by atoms with Gasteiger partial charge in [0.05, 0.1) is 18.3 Å². The van der Waals surface area contributed by atoms with Gasteiger partial charge >= 0.3 is 0 Å². The van der Waals surface area contributed by atoms with Crippen molar-refractivity contribution in [3.63, 3.8) is 0 Å². The summed E-state index contributed by atoms with van der Waals surface area (Å²) in [5.41, 5.74) is 3.17. The Kier molecular flexibility index (Phi) is 4.78. The molecule has 1 saturated heterocycles. The van der Waals surface area contributed by atoms with Crippen molar-refractivity contribution in [3.8, 4) is 0 Å². The van der Waals surface area contributed by atoms with Crippen LogP contribution in [0.25, 0.3) is 0 Å². The van der Waals surface area contributed by atoms with Gasteiger partial charge in [-0.1, -0.05) is 30.3 Å². The Morgan fingerprint density at radius 2 is 1.77 bits per heavy atom. The molecule has 0 saturated carbocycles. The van der Waals surface area contributed by atoms with Gasteiger partial charge in [-0.05, 0) is 42.0 Å². The molecule has 0 spiro atoms. The van der Waals surface area contributed by atoms with E-state index in [0.29, 0.717) is 18.0 Å². The van der Waals surface area contributed by atoms with Gasteiger partial charge in [-0.15, -0.1) is 0 Å². The molecule has 26 heavy (non-hydrogen) atoms. The Labute approximate surface area is 153 Å². The zero-order valence-electron chi connectivity index (χ0n) is 14.7. The van der Waals surface area contributed by atoms with Crippen LogP contribution in [0.15, 0.2) is 67.3 Å². The summed E-state index contributed by atoms with van der Waals surface area (Å²) in [6.45, 7) is 2.25. The predicted molar refractivity (Wildman–Crippen MR) is 99.9 cm³/mol. The highest BCUT2D eigenvalue weighted by atomic mass is 16.2. The number of amides is 1. The third kappa shape index (κ3) is 3.67. The van der Waals surface area contributed by atoms with Crippen molar-refractivity contribution in [2.24, 2.45) is 0 Å². The first-order valence-corrected chi connectivity index (χ1v) is 9.05. The first kappa shape index (κ1) is 16.5. The summed E-state index contributed by atoms with van der Waals surface area (Å²) in [6, 6.07) is 14.3.